The summed E-state index contributed by atoms with van der Waals surface area (Å²) < 4.78 is 0. The molecule has 0 saturated carbocycles. The van der Waals surface area contributed by atoms with Crippen molar-refractivity contribution < 1.29 is 9.72 Å². The lowest BCUT2D eigenvalue weighted by Crippen LogP contribution is -2.48. The standard InChI is InChI=1S/C23H28N4O3S/c1-5-26-21-11-6-17(12-20(21)16(2)13-23(26,3)4)14-24-25-22(28)15-31-19-9-7-18(8-10-19)27(29)30/h6-12,14,16H,5,13,15H2,1-4H3,(H,25,28)/b24-14-/t16-/m1/s1. The molecule has 8 heteroatoms. The molecule has 1 aliphatic rings. The van der Waals surface area contributed by atoms with E-state index in [-0.39, 0.29) is 22.9 Å². The van der Waals surface area contributed by atoms with Crippen LogP contribution in [0.3, 0.4) is 0 Å². The molecular weight excluding hydrogens is 412 g/mol. The van der Waals surface area contributed by atoms with E-state index in [1.54, 1.807) is 18.3 Å². The summed E-state index contributed by atoms with van der Waals surface area (Å²) in [6.07, 6.45) is 2.75. The molecule has 1 heterocycles. The van der Waals surface area contributed by atoms with E-state index in [9.17, 15) is 14.9 Å². The Morgan fingerprint density at radius 1 is 1.32 bits per heavy atom. The largest absolute Gasteiger partial charge is 0.366 e. The first-order valence-electron chi connectivity index (χ1n) is 10.3. The Morgan fingerprint density at radius 2 is 2.03 bits per heavy atom. The number of anilines is 1. The van der Waals surface area contributed by atoms with E-state index in [1.807, 2.05) is 6.07 Å². The summed E-state index contributed by atoms with van der Waals surface area (Å²) in [4.78, 5) is 25.5. The van der Waals surface area contributed by atoms with Crippen molar-refractivity contribution in [1.82, 2.24) is 5.43 Å². The summed E-state index contributed by atoms with van der Waals surface area (Å²) in [6, 6.07) is 12.4. The smallest absolute Gasteiger partial charge is 0.269 e. The Labute approximate surface area is 187 Å². The fourth-order valence-electron chi connectivity index (χ4n) is 4.21. The minimum atomic E-state index is -0.446. The highest BCUT2D eigenvalue weighted by Crippen LogP contribution is 2.43. The molecule has 0 saturated heterocycles. The summed E-state index contributed by atoms with van der Waals surface area (Å²) in [5, 5.41) is 14.8. The molecule has 0 spiro atoms. The summed E-state index contributed by atoms with van der Waals surface area (Å²) in [7, 11) is 0. The average Bonchev–Trinajstić information content (AvgIpc) is 2.72. The summed E-state index contributed by atoms with van der Waals surface area (Å²) >= 11 is 1.30. The second kappa shape index (κ2) is 9.51. The molecule has 0 aromatic heterocycles. The third-order valence-corrected chi connectivity index (χ3v) is 6.56. The van der Waals surface area contributed by atoms with E-state index in [2.05, 4.69) is 55.3 Å². The molecule has 2 aromatic rings. The van der Waals surface area contributed by atoms with Crippen LogP contribution in [-0.4, -0.2) is 34.9 Å². The fourth-order valence-corrected chi connectivity index (χ4v) is 4.90. The van der Waals surface area contributed by atoms with Crippen LogP contribution >= 0.6 is 11.8 Å². The second-order valence-electron chi connectivity index (χ2n) is 8.31. The highest BCUT2D eigenvalue weighted by molar-refractivity contribution is 8.00. The maximum atomic E-state index is 12.1. The van der Waals surface area contributed by atoms with Crippen molar-refractivity contribution in [3.8, 4) is 0 Å². The molecule has 1 aliphatic heterocycles. The van der Waals surface area contributed by atoms with Crippen molar-refractivity contribution in [3.05, 3.63) is 63.7 Å². The van der Waals surface area contributed by atoms with Crippen LogP contribution in [0.1, 0.15) is 51.2 Å². The molecule has 0 radical (unpaired) electrons. The first-order chi connectivity index (χ1) is 14.7. The van der Waals surface area contributed by atoms with Gasteiger partial charge in [0.05, 0.1) is 16.9 Å². The first-order valence-corrected chi connectivity index (χ1v) is 11.3. The van der Waals surface area contributed by atoms with Crippen LogP contribution in [0.4, 0.5) is 11.4 Å². The van der Waals surface area contributed by atoms with Gasteiger partial charge in [0, 0.05) is 34.8 Å². The van der Waals surface area contributed by atoms with Gasteiger partial charge >= 0.3 is 0 Å². The molecule has 164 valence electrons. The van der Waals surface area contributed by atoms with E-state index in [4.69, 9.17) is 0 Å². The normalized spacial score (nSPS) is 17.4. The number of benzene rings is 2. The van der Waals surface area contributed by atoms with Gasteiger partial charge < -0.3 is 4.90 Å². The lowest BCUT2D eigenvalue weighted by atomic mass is 9.79. The molecule has 1 N–H and O–H groups in total. The minimum Gasteiger partial charge on any atom is -0.366 e. The van der Waals surface area contributed by atoms with Gasteiger partial charge in [-0.05, 0) is 68.5 Å². The van der Waals surface area contributed by atoms with Gasteiger partial charge in [-0.15, -0.1) is 11.8 Å². The number of hydrogen-bond acceptors (Lipinski definition) is 6. The highest BCUT2D eigenvalue weighted by Gasteiger charge is 2.35. The van der Waals surface area contributed by atoms with Crippen molar-refractivity contribution in [2.75, 3.05) is 17.2 Å². The van der Waals surface area contributed by atoms with Crippen LogP contribution in [0.2, 0.25) is 0 Å². The molecule has 31 heavy (non-hydrogen) atoms. The van der Waals surface area contributed by atoms with Crippen molar-refractivity contribution in [2.45, 2.75) is 50.5 Å². The second-order valence-corrected chi connectivity index (χ2v) is 9.36. The van der Waals surface area contributed by atoms with Crippen LogP contribution in [0.5, 0.6) is 0 Å². The number of nitro benzene ring substituents is 1. The molecule has 7 nitrogen and oxygen atoms in total. The van der Waals surface area contributed by atoms with Crippen molar-refractivity contribution in [1.29, 1.82) is 0 Å². The number of hydrogen-bond donors (Lipinski definition) is 1. The Balaban J connectivity index is 1.58. The Kier molecular flexibility index (Phi) is 7.00. The van der Waals surface area contributed by atoms with Crippen molar-refractivity contribution in [3.63, 3.8) is 0 Å². The number of thioether (sulfide) groups is 1. The van der Waals surface area contributed by atoms with E-state index < -0.39 is 4.92 Å². The van der Waals surface area contributed by atoms with Gasteiger partial charge in [0.15, 0.2) is 0 Å². The number of carbonyl (C=O) groups is 1. The number of hydrazone groups is 1. The van der Waals surface area contributed by atoms with Crippen LogP contribution in [-0.2, 0) is 4.79 Å². The molecule has 1 atom stereocenters. The van der Waals surface area contributed by atoms with Gasteiger partial charge in [0.25, 0.3) is 5.69 Å². The summed E-state index contributed by atoms with van der Waals surface area (Å²) in [5.74, 6) is 0.398. The maximum Gasteiger partial charge on any atom is 0.269 e. The van der Waals surface area contributed by atoms with Gasteiger partial charge in [-0.3, -0.25) is 14.9 Å². The van der Waals surface area contributed by atoms with Crippen molar-refractivity contribution >= 4 is 35.3 Å². The first kappa shape index (κ1) is 22.8. The van der Waals surface area contributed by atoms with Gasteiger partial charge in [0.2, 0.25) is 5.91 Å². The highest BCUT2D eigenvalue weighted by atomic mass is 32.2. The SMILES string of the molecule is CCN1c2ccc(/C=N\NC(=O)CSc3ccc([N+](=O)[O-])cc3)cc2[C@H](C)CC1(C)C. The zero-order valence-electron chi connectivity index (χ0n) is 18.3. The van der Waals surface area contributed by atoms with E-state index >= 15 is 0 Å². The average molecular weight is 441 g/mol. The van der Waals surface area contributed by atoms with E-state index in [1.165, 1.54) is 35.1 Å². The van der Waals surface area contributed by atoms with Crippen LogP contribution < -0.4 is 10.3 Å². The Hall–Kier alpha value is -2.87. The molecular formula is C23H28N4O3S. The number of nitrogens with zero attached hydrogens (tertiary/aromatic N) is 3. The number of rotatable bonds is 7. The summed E-state index contributed by atoms with van der Waals surface area (Å²) in [6.45, 7) is 9.97. The van der Waals surface area contributed by atoms with Gasteiger partial charge in [-0.2, -0.15) is 5.10 Å². The number of non-ortho nitro benzene ring substituents is 1. The van der Waals surface area contributed by atoms with Crippen LogP contribution in [0.15, 0.2) is 52.5 Å². The summed E-state index contributed by atoms with van der Waals surface area (Å²) in [5.41, 5.74) is 6.24. The third kappa shape index (κ3) is 5.44. The molecule has 2 aromatic carbocycles. The van der Waals surface area contributed by atoms with Gasteiger partial charge in [-0.1, -0.05) is 13.0 Å². The third-order valence-electron chi connectivity index (χ3n) is 5.55. The molecule has 0 fully saturated rings. The Bertz CT molecular complexity index is 989. The van der Waals surface area contributed by atoms with Crippen LogP contribution in [0.25, 0.3) is 0 Å². The number of nitrogens with one attached hydrogen (secondary N) is 1. The Morgan fingerprint density at radius 3 is 2.68 bits per heavy atom. The minimum absolute atomic E-state index is 0.0309. The topological polar surface area (TPSA) is 87.8 Å². The van der Waals surface area contributed by atoms with Crippen molar-refractivity contribution in [2.24, 2.45) is 5.10 Å². The zero-order chi connectivity index (χ0) is 22.6. The maximum absolute atomic E-state index is 12.1. The lowest BCUT2D eigenvalue weighted by Gasteiger charge is -2.47. The molecule has 0 unspecified atom stereocenters. The molecule has 0 bridgehead atoms. The molecule has 1 amide bonds. The predicted molar refractivity (Wildman–Crippen MR) is 126 cm³/mol. The fraction of sp³-hybridized carbons (Fsp3) is 0.391. The number of carbonyl (C=O) groups excluding carboxylic acids is 1. The van der Waals surface area contributed by atoms with E-state index in [0.29, 0.717) is 5.92 Å². The molecule has 0 aliphatic carbocycles. The number of fused-ring (bicyclic) bond motifs is 1. The van der Waals surface area contributed by atoms with Gasteiger partial charge in [0.1, 0.15) is 0 Å². The quantitative estimate of drug-likeness (QED) is 0.285. The lowest BCUT2D eigenvalue weighted by molar-refractivity contribution is -0.384. The molecule has 3 rings (SSSR count). The van der Waals surface area contributed by atoms with E-state index in [0.717, 1.165) is 23.4 Å². The monoisotopic (exact) mass is 440 g/mol. The zero-order valence-corrected chi connectivity index (χ0v) is 19.1. The van der Waals surface area contributed by atoms with Gasteiger partial charge in [-0.25, -0.2) is 5.43 Å². The predicted octanol–water partition coefficient (Wildman–Crippen LogP) is 4.95. The van der Waals surface area contributed by atoms with Crippen LogP contribution in [0, 0.1) is 10.1 Å². The number of nitro groups is 1. The number of amides is 1.